The number of rotatable bonds is 4. The van der Waals surface area contributed by atoms with E-state index in [2.05, 4.69) is 21.5 Å². The number of amides is 2. The van der Waals surface area contributed by atoms with Gasteiger partial charge in [-0.15, -0.1) is 0 Å². The molecule has 122 valence electrons. The Morgan fingerprint density at radius 2 is 1.76 bits per heavy atom. The normalized spacial score (nSPS) is 12.3. The molecular formula is C13H26N4O3S. The van der Waals surface area contributed by atoms with Crippen LogP contribution in [0.1, 0.15) is 41.0 Å². The minimum absolute atomic E-state index is 0.0829. The van der Waals surface area contributed by atoms with E-state index in [4.69, 9.17) is 17.0 Å². The number of alkyl carbamates (subject to hydrolysis) is 1. The van der Waals surface area contributed by atoms with Gasteiger partial charge in [0.05, 0.1) is 0 Å². The van der Waals surface area contributed by atoms with Crippen molar-refractivity contribution in [3.05, 3.63) is 0 Å². The molecule has 8 heteroatoms. The number of hydrogen-bond acceptors (Lipinski definition) is 4. The number of thiocarbonyl (C=S) groups is 1. The summed E-state index contributed by atoms with van der Waals surface area (Å²) in [6.45, 7) is 9.19. The maximum Gasteiger partial charge on any atom is 0.407 e. The molecule has 1 atom stereocenters. The van der Waals surface area contributed by atoms with E-state index in [1.807, 2.05) is 13.8 Å². The largest absolute Gasteiger partial charge is 0.444 e. The summed E-state index contributed by atoms with van der Waals surface area (Å²) >= 11 is 4.84. The van der Waals surface area contributed by atoms with Gasteiger partial charge in [-0.1, -0.05) is 13.8 Å². The van der Waals surface area contributed by atoms with E-state index < -0.39 is 11.7 Å². The second-order valence-electron chi connectivity index (χ2n) is 5.95. The quantitative estimate of drug-likeness (QED) is 0.457. The lowest BCUT2D eigenvalue weighted by Crippen LogP contribution is -2.49. The minimum atomic E-state index is -0.575. The topological polar surface area (TPSA) is 91.5 Å². The molecule has 0 aromatic heterocycles. The van der Waals surface area contributed by atoms with Crippen LogP contribution in [0.15, 0.2) is 0 Å². The Morgan fingerprint density at radius 1 is 1.19 bits per heavy atom. The smallest absolute Gasteiger partial charge is 0.407 e. The van der Waals surface area contributed by atoms with Crippen molar-refractivity contribution in [2.75, 3.05) is 7.05 Å². The molecule has 0 aromatic carbocycles. The fourth-order valence-electron chi connectivity index (χ4n) is 1.35. The average molecular weight is 318 g/mol. The summed E-state index contributed by atoms with van der Waals surface area (Å²) in [6.07, 6.45) is -0.413. The second kappa shape index (κ2) is 8.66. The lowest BCUT2D eigenvalue weighted by molar-refractivity contribution is -0.122. The van der Waals surface area contributed by atoms with Crippen molar-refractivity contribution in [1.82, 2.24) is 21.5 Å². The molecule has 0 aliphatic heterocycles. The van der Waals surface area contributed by atoms with Crippen LogP contribution in [0, 0.1) is 5.92 Å². The third-order valence-corrected chi connectivity index (χ3v) is 2.76. The van der Waals surface area contributed by atoms with Crippen molar-refractivity contribution in [3.8, 4) is 0 Å². The highest BCUT2D eigenvalue weighted by atomic mass is 32.1. The van der Waals surface area contributed by atoms with Crippen LogP contribution in [0.4, 0.5) is 4.79 Å². The van der Waals surface area contributed by atoms with E-state index >= 15 is 0 Å². The Labute approximate surface area is 131 Å². The third-order valence-electron chi connectivity index (χ3n) is 2.45. The van der Waals surface area contributed by atoms with Crippen LogP contribution in [0.25, 0.3) is 0 Å². The molecule has 0 rings (SSSR count). The van der Waals surface area contributed by atoms with Crippen LogP contribution in [-0.4, -0.2) is 35.8 Å². The van der Waals surface area contributed by atoms with Gasteiger partial charge in [-0.3, -0.25) is 15.6 Å². The first-order chi connectivity index (χ1) is 9.55. The van der Waals surface area contributed by atoms with E-state index in [1.54, 1.807) is 27.8 Å². The Kier molecular flexibility index (Phi) is 8.01. The fraction of sp³-hybridized carbons (Fsp3) is 0.769. The van der Waals surface area contributed by atoms with Gasteiger partial charge in [0.2, 0.25) is 5.91 Å². The Hall–Kier alpha value is -1.57. The lowest BCUT2D eigenvalue weighted by atomic mass is 10.0. The zero-order valence-electron chi connectivity index (χ0n) is 13.5. The van der Waals surface area contributed by atoms with Gasteiger partial charge in [-0.05, 0) is 38.9 Å². The Bertz CT molecular complexity index is 380. The second-order valence-corrected chi connectivity index (χ2v) is 6.36. The van der Waals surface area contributed by atoms with Gasteiger partial charge in [0.25, 0.3) is 0 Å². The van der Waals surface area contributed by atoms with E-state index in [9.17, 15) is 9.59 Å². The number of carbonyl (C=O) groups is 2. The van der Waals surface area contributed by atoms with Crippen LogP contribution >= 0.6 is 12.2 Å². The maximum atomic E-state index is 11.8. The summed E-state index contributed by atoms with van der Waals surface area (Å²) < 4.78 is 5.19. The van der Waals surface area contributed by atoms with Crippen molar-refractivity contribution in [2.24, 2.45) is 5.92 Å². The molecule has 0 saturated carbocycles. The molecule has 0 saturated heterocycles. The standard InChI is InChI=1S/C13H26N4O3S/c1-8(2)9(15-12(19)20-13(3,4)5)7-10(18)16-17-11(21)14-6/h8-9H,7H2,1-6H3,(H,15,19)(H,16,18)(H2,14,17,21). The number of hydrazine groups is 1. The fourth-order valence-corrected chi connectivity index (χ4v) is 1.40. The first-order valence-corrected chi connectivity index (χ1v) is 7.22. The molecule has 4 N–H and O–H groups in total. The molecule has 7 nitrogen and oxygen atoms in total. The monoisotopic (exact) mass is 318 g/mol. The van der Waals surface area contributed by atoms with Crippen molar-refractivity contribution in [3.63, 3.8) is 0 Å². The highest BCUT2D eigenvalue weighted by Crippen LogP contribution is 2.10. The van der Waals surface area contributed by atoms with E-state index in [0.717, 1.165) is 0 Å². The minimum Gasteiger partial charge on any atom is -0.444 e. The molecular weight excluding hydrogens is 292 g/mol. The highest BCUT2D eigenvalue weighted by molar-refractivity contribution is 7.80. The van der Waals surface area contributed by atoms with E-state index in [-0.39, 0.29) is 24.3 Å². The molecule has 0 heterocycles. The van der Waals surface area contributed by atoms with Gasteiger partial charge >= 0.3 is 6.09 Å². The lowest BCUT2D eigenvalue weighted by Gasteiger charge is -2.25. The van der Waals surface area contributed by atoms with Gasteiger partial charge in [-0.25, -0.2) is 4.79 Å². The molecule has 0 aromatic rings. The van der Waals surface area contributed by atoms with Gasteiger partial charge in [0.15, 0.2) is 5.11 Å². The van der Waals surface area contributed by atoms with Crippen LogP contribution in [0.3, 0.4) is 0 Å². The van der Waals surface area contributed by atoms with Crippen molar-refractivity contribution in [1.29, 1.82) is 0 Å². The predicted octanol–water partition coefficient (Wildman–Crippen LogP) is 1.05. The molecule has 1 unspecified atom stereocenters. The van der Waals surface area contributed by atoms with Crippen LogP contribution in [-0.2, 0) is 9.53 Å². The van der Waals surface area contributed by atoms with Crippen molar-refractivity contribution in [2.45, 2.75) is 52.7 Å². The summed E-state index contributed by atoms with van der Waals surface area (Å²) in [5, 5.41) is 5.69. The molecule has 0 bridgehead atoms. The van der Waals surface area contributed by atoms with E-state index in [1.165, 1.54) is 0 Å². The van der Waals surface area contributed by atoms with E-state index in [0.29, 0.717) is 5.11 Å². The first kappa shape index (κ1) is 19.4. The molecule has 0 radical (unpaired) electrons. The van der Waals surface area contributed by atoms with Crippen LogP contribution < -0.4 is 21.5 Å². The van der Waals surface area contributed by atoms with Gasteiger partial charge in [-0.2, -0.15) is 0 Å². The summed E-state index contributed by atoms with van der Waals surface area (Å²) in [6, 6.07) is -0.329. The summed E-state index contributed by atoms with van der Waals surface area (Å²) in [5.41, 5.74) is 4.43. The molecule has 0 fully saturated rings. The molecule has 0 spiro atoms. The highest BCUT2D eigenvalue weighted by Gasteiger charge is 2.23. The molecule has 0 aliphatic carbocycles. The van der Waals surface area contributed by atoms with Crippen LogP contribution in [0.2, 0.25) is 0 Å². The summed E-state index contributed by atoms with van der Waals surface area (Å²) in [5.74, 6) is -0.193. The van der Waals surface area contributed by atoms with Gasteiger partial charge < -0.3 is 15.4 Å². The number of nitrogens with one attached hydrogen (secondary N) is 4. The number of hydrogen-bond donors (Lipinski definition) is 4. The number of carbonyl (C=O) groups excluding carboxylic acids is 2. The predicted molar refractivity (Wildman–Crippen MR) is 85.5 cm³/mol. The summed E-state index contributed by atoms with van der Waals surface area (Å²) in [4.78, 5) is 23.5. The molecule has 0 aliphatic rings. The van der Waals surface area contributed by atoms with Crippen LogP contribution in [0.5, 0.6) is 0 Å². The number of ether oxygens (including phenoxy) is 1. The third kappa shape index (κ3) is 9.89. The maximum absolute atomic E-state index is 11.8. The van der Waals surface area contributed by atoms with Gasteiger partial charge in [0, 0.05) is 19.5 Å². The Morgan fingerprint density at radius 3 is 2.19 bits per heavy atom. The average Bonchev–Trinajstić information content (AvgIpc) is 2.32. The zero-order chi connectivity index (χ0) is 16.6. The molecule has 2 amide bonds. The van der Waals surface area contributed by atoms with Crippen molar-refractivity contribution < 1.29 is 14.3 Å². The summed E-state index contributed by atoms with van der Waals surface area (Å²) in [7, 11) is 1.64. The zero-order valence-corrected chi connectivity index (χ0v) is 14.3. The van der Waals surface area contributed by atoms with Gasteiger partial charge in [0.1, 0.15) is 5.60 Å². The Balaban J connectivity index is 4.40. The first-order valence-electron chi connectivity index (χ1n) is 6.81. The molecule has 21 heavy (non-hydrogen) atoms. The SMILES string of the molecule is CNC(=S)NNC(=O)CC(NC(=O)OC(C)(C)C)C(C)C. The van der Waals surface area contributed by atoms with Crippen molar-refractivity contribution >= 4 is 29.3 Å².